The van der Waals surface area contributed by atoms with Crippen molar-refractivity contribution in [1.29, 1.82) is 0 Å². The van der Waals surface area contributed by atoms with Gasteiger partial charge in [-0.25, -0.2) is 4.39 Å². The van der Waals surface area contributed by atoms with E-state index in [9.17, 15) is 4.39 Å². The normalized spacial score (nSPS) is 12.2. The molecule has 1 unspecified atom stereocenters. The zero-order chi connectivity index (χ0) is 14.4. The molecule has 2 rings (SSSR count). The Bertz CT molecular complexity index is 565. The predicted molar refractivity (Wildman–Crippen MR) is 80.2 cm³/mol. The molecule has 0 radical (unpaired) electrons. The van der Waals surface area contributed by atoms with Gasteiger partial charge in [-0.3, -0.25) is 11.3 Å². The van der Waals surface area contributed by atoms with Crippen LogP contribution in [0.1, 0.15) is 11.6 Å². The van der Waals surface area contributed by atoms with Gasteiger partial charge in [0, 0.05) is 10.6 Å². The average molecular weight is 292 g/mol. The molecule has 0 aromatic heterocycles. The lowest BCUT2D eigenvalue weighted by Gasteiger charge is -2.16. The Hall–Kier alpha value is -1.56. The third-order valence-corrected chi connectivity index (χ3v) is 4.08. The maximum Gasteiger partial charge on any atom is 0.136 e. The molecule has 106 valence electrons. The maximum absolute atomic E-state index is 13.6. The van der Waals surface area contributed by atoms with Crippen molar-refractivity contribution in [3.63, 3.8) is 0 Å². The number of methoxy groups -OCH3 is 1. The second kappa shape index (κ2) is 7.28. The van der Waals surface area contributed by atoms with Crippen LogP contribution in [0.15, 0.2) is 53.4 Å². The predicted octanol–water partition coefficient (Wildman–Crippen LogP) is 3.13. The fourth-order valence-electron chi connectivity index (χ4n) is 1.83. The average Bonchev–Trinajstić information content (AvgIpc) is 2.50. The first-order valence-electron chi connectivity index (χ1n) is 6.22. The Labute approximate surface area is 122 Å². The van der Waals surface area contributed by atoms with Crippen molar-refractivity contribution >= 4 is 11.8 Å². The van der Waals surface area contributed by atoms with Gasteiger partial charge < -0.3 is 4.74 Å². The minimum atomic E-state index is -0.209. The van der Waals surface area contributed by atoms with Crippen LogP contribution in [0.5, 0.6) is 5.75 Å². The summed E-state index contributed by atoms with van der Waals surface area (Å²) in [6.07, 6.45) is 0. The van der Waals surface area contributed by atoms with E-state index in [1.165, 1.54) is 17.8 Å². The standard InChI is InChI=1S/C15H17FN2OS/c1-19-12-6-4-5-11(9-12)14(18-17)10-20-15-8-3-2-7-13(15)16/h2-9,14,18H,10,17H2,1H3. The molecule has 0 bridgehead atoms. The highest BCUT2D eigenvalue weighted by molar-refractivity contribution is 7.99. The van der Waals surface area contributed by atoms with Crippen LogP contribution in [0.2, 0.25) is 0 Å². The first kappa shape index (κ1) is 14.8. The number of ether oxygens (including phenoxy) is 1. The number of benzene rings is 2. The Morgan fingerprint density at radius 2 is 2.05 bits per heavy atom. The summed E-state index contributed by atoms with van der Waals surface area (Å²) in [7, 11) is 1.62. The third kappa shape index (κ3) is 3.72. The fourth-order valence-corrected chi connectivity index (χ4v) is 2.85. The van der Waals surface area contributed by atoms with E-state index in [2.05, 4.69) is 5.43 Å². The molecule has 2 aromatic rings. The highest BCUT2D eigenvalue weighted by Crippen LogP contribution is 2.27. The first-order chi connectivity index (χ1) is 9.74. The van der Waals surface area contributed by atoms with Gasteiger partial charge in [-0.05, 0) is 29.8 Å². The van der Waals surface area contributed by atoms with Crippen LogP contribution in [0.4, 0.5) is 4.39 Å². The molecule has 2 aromatic carbocycles. The molecule has 0 aliphatic rings. The van der Waals surface area contributed by atoms with Crippen LogP contribution in [0, 0.1) is 5.82 Å². The highest BCUT2D eigenvalue weighted by atomic mass is 32.2. The molecule has 0 fully saturated rings. The van der Waals surface area contributed by atoms with Crippen LogP contribution in [-0.2, 0) is 0 Å². The number of hydrazine groups is 1. The molecule has 0 amide bonds. The summed E-state index contributed by atoms with van der Waals surface area (Å²) in [5.74, 6) is 6.80. The van der Waals surface area contributed by atoms with Gasteiger partial charge in [0.15, 0.2) is 0 Å². The molecule has 0 spiro atoms. The second-order valence-corrected chi connectivity index (χ2v) is 5.30. The topological polar surface area (TPSA) is 47.3 Å². The smallest absolute Gasteiger partial charge is 0.136 e. The second-order valence-electron chi connectivity index (χ2n) is 4.24. The number of nitrogens with two attached hydrogens (primary N) is 1. The van der Waals surface area contributed by atoms with Crippen molar-refractivity contribution in [2.24, 2.45) is 5.84 Å². The fraction of sp³-hybridized carbons (Fsp3) is 0.200. The van der Waals surface area contributed by atoms with E-state index in [-0.39, 0.29) is 11.9 Å². The van der Waals surface area contributed by atoms with Gasteiger partial charge in [0.05, 0.1) is 13.2 Å². The van der Waals surface area contributed by atoms with E-state index in [0.717, 1.165) is 11.3 Å². The quantitative estimate of drug-likeness (QED) is 0.488. The summed E-state index contributed by atoms with van der Waals surface area (Å²) in [5, 5.41) is 0. The van der Waals surface area contributed by atoms with Crippen molar-refractivity contribution in [3.8, 4) is 5.75 Å². The summed E-state index contributed by atoms with van der Waals surface area (Å²) in [6.45, 7) is 0. The molecule has 0 aliphatic carbocycles. The summed E-state index contributed by atoms with van der Waals surface area (Å²) in [4.78, 5) is 0.621. The van der Waals surface area contributed by atoms with Gasteiger partial charge in [-0.1, -0.05) is 24.3 Å². The Morgan fingerprint density at radius 3 is 2.75 bits per heavy atom. The van der Waals surface area contributed by atoms with Gasteiger partial charge in [-0.15, -0.1) is 11.8 Å². The monoisotopic (exact) mass is 292 g/mol. The molecule has 5 heteroatoms. The molecule has 3 N–H and O–H groups in total. The molecular formula is C15H17FN2OS. The number of halogens is 1. The minimum absolute atomic E-state index is 0.0743. The van der Waals surface area contributed by atoms with E-state index >= 15 is 0 Å². The maximum atomic E-state index is 13.6. The van der Waals surface area contributed by atoms with Crippen LogP contribution in [0.25, 0.3) is 0 Å². The minimum Gasteiger partial charge on any atom is -0.497 e. The molecule has 1 atom stereocenters. The summed E-state index contributed by atoms with van der Waals surface area (Å²) >= 11 is 1.43. The van der Waals surface area contributed by atoms with E-state index < -0.39 is 0 Å². The van der Waals surface area contributed by atoms with Crippen LogP contribution < -0.4 is 16.0 Å². The Kier molecular flexibility index (Phi) is 5.40. The molecule has 0 aliphatic heterocycles. The zero-order valence-corrected chi connectivity index (χ0v) is 12.0. The van der Waals surface area contributed by atoms with E-state index in [1.807, 2.05) is 30.3 Å². The number of hydrogen-bond donors (Lipinski definition) is 2. The van der Waals surface area contributed by atoms with Gasteiger partial charge >= 0.3 is 0 Å². The third-order valence-electron chi connectivity index (χ3n) is 2.94. The molecule has 0 saturated carbocycles. The Morgan fingerprint density at radius 1 is 1.25 bits per heavy atom. The number of rotatable bonds is 6. The molecule has 0 saturated heterocycles. The lowest BCUT2D eigenvalue weighted by molar-refractivity contribution is 0.413. The van der Waals surface area contributed by atoms with E-state index in [1.54, 1.807) is 19.2 Å². The largest absolute Gasteiger partial charge is 0.497 e. The number of thioether (sulfide) groups is 1. The number of hydrogen-bond acceptors (Lipinski definition) is 4. The van der Waals surface area contributed by atoms with Crippen LogP contribution >= 0.6 is 11.8 Å². The van der Waals surface area contributed by atoms with E-state index in [0.29, 0.717) is 10.6 Å². The zero-order valence-electron chi connectivity index (χ0n) is 11.2. The number of nitrogens with one attached hydrogen (secondary N) is 1. The summed E-state index contributed by atoms with van der Waals surface area (Å²) in [6, 6.07) is 14.3. The summed E-state index contributed by atoms with van der Waals surface area (Å²) < 4.78 is 18.8. The van der Waals surface area contributed by atoms with Crippen molar-refractivity contribution in [3.05, 3.63) is 59.9 Å². The van der Waals surface area contributed by atoms with Gasteiger partial charge in [0.2, 0.25) is 0 Å². The molecule has 20 heavy (non-hydrogen) atoms. The van der Waals surface area contributed by atoms with Crippen molar-refractivity contribution in [2.45, 2.75) is 10.9 Å². The van der Waals surface area contributed by atoms with Gasteiger partial charge in [0.25, 0.3) is 0 Å². The first-order valence-corrected chi connectivity index (χ1v) is 7.20. The summed E-state index contributed by atoms with van der Waals surface area (Å²) in [5.41, 5.74) is 3.77. The van der Waals surface area contributed by atoms with Crippen LogP contribution in [0.3, 0.4) is 0 Å². The molecular weight excluding hydrogens is 275 g/mol. The van der Waals surface area contributed by atoms with E-state index in [4.69, 9.17) is 10.6 Å². The van der Waals surface area contributed by atoms with Crippen molar-refractivity contribution in [2.75, 3.05) is 12.9 Å². The lowest BCUT2D eigenvalue weighted by Crippen LogP contribution is -2.29. The molecule has 0 heterocycles. The highest BCUT2D eigenvalue weighted by Gasteiger charge is 2.12. The van der Waals surface area contributed by atoms with Gasteiger partial charge in [0.1, 0.15) is 11.6 Å². The van der Waals surface area contributed by atoms with Crippen molar-refractivity contribution in [1.82, 2.24) is 5.43 Å². The Balaban J connectivity index is 2.07. The SMILES string of the molecule is COc1cccc(C(CSc2ccccc2F)NN)c1. The molecule has 3 nitrogen and oxygen atoms in total. The van der Waals surface area contributed by atoms with Crippen LogP contribution in [-0.4, -0.2) is 12.9 Å². The van der Waals surface area contributed by atoms with Gasteiger partial charge in [-0.2, -0.15) is 0 Å². The van der Waals surface area contributed by atoms with Crippen molar-refractivity contribution < 1.29 is 9.13 Å². The lowest BCUT2D eigenvalue weighted by atomic mass is 10.1.